The SMILES string of the molecule is CCOc1ccc(NC(=O)C[C@H]2C(=O)N(C)C(=S)N2NC(=O)c2ccc(Cl)cc2)cc1. The highest BCUT2D eigenvalue weighted by Crippen LogP contribution is 2.20. The maximum Gasteiger partial charge on any atom is 0.269 e. The van der Waals surface area contributed by atoms with Gasteiger partial charge in [-0.25, -0.2) is 5.01 Å². The molecule has 2 aromatic carbocycles. The van der Waals surface area contributed by atoms with Gasteiger partial charge in [-0.1, -0.05) is 11.6 Å². The van der Waals surface area contributed by atoms with Crippen molar-refractivity contribution in [3.63, 3.8) is 0 Å². The first-order valence-corrected chi connectivity index (χ1v) is 10.3. The van der Waals surface area contributed by atoms with Crippen LogP contribution in [-0.4, -0.2) is 52.4 Å². The van der Waals surface area contributed by atoms with Crippen LogP contribution in [0.25, 0.3) is 0 Å². The number of carbonyl (C=O) groups is 3. The molecule has 1 aliphatic heterocycles. The zero-order valence-electron chi connectivity index (χ0n) is 16.9. The highest BCUT2D eigenvalue weighted by molar-refractivity contribution is 7.80. The molecule has 2 aromatic rings. The molecule has 1 aliphatic rings. The maximum absolute atomic E-state index is 12.6. The summed E-state index contributed by atoms with van der Waals surface area (Å²) in [6.07, 6.45) is -0.197. The van der Waals surface area contributed by atoms with E-state index < -0.39 is 17.9 Å². The fourth-order valence-electron chi connectivity index (χ4n) is 2.99. The Balaban J connectivity index is 1.68. The third kappa shape index (κ3) is 5.31. The van der Waals surface area contributed by atoms with E-state index in [0.29, 0.717) is 28.6 Å². The second kappa shape index (κ2) is 9.76. The Morgan fingerprint density at radius 2 is 1.77 bits per heavy atom. The fraction of sp³-hybridized carbons (Fsp3) is 0.238. The predicted molar refractivity (Wildman–Crippen MR) is 121 cm³/mol. The fourth-order valence-corrected chi connectivity index (χ4v) is 3.38. The van der Waals surface area contributed by atoms with Crippen LogP contribution in [0.2, 0.25) is 5.02 Å². The van der Waals surface area contributed by atoms with Crippen molar-refractivity contribution in [1.29, 1.82) is 0 Å². The van der Waals surface area contributed by atoms with E-state index in [1.807, 2.05) is 6.92 Å². The quantitative estimate of drug-likeness (QED) is 0.617. The first-order valence-electron chi connectivity index (χ1n) is 9.50. The highest BCUT2D eigenvalue weighted by Gasteiger charge is 2.42. The van der Waals surface area contributed by atoms with Gasteiger partial charge >= 0.3 is 0 Å². The van der Waals surface area contributed by atoms with Crippen LogP contribution in [0.1, 0.15) is 23.7 Å². The number of halogens is 1. The number of ether oxygens (including phenoxy) is 1. The number of likely N-dealkylation sites (N-methyl/N-ethyl adjacent to an activating group) is 1. The molecule has 3 rings (SSSR count). The number of nitrogens with zero attached hydrogens (tertiary/aromatic N) is 2. The van der Waals surface area contributed by atoms with E-state index in [0.717, 1.165) is 0 Å². The summed E-state index contributed by atoms with van der Waals surface area (Å²) in [6, 6.07) is 12.2. The van der Waals surface area contributed by atoms with E-state index >= 15 is 0 Å². The summed E-state index contributed by atoms with van der Waals surface area (Å²) in [5, 5.41) is 4.58. The molecule has 8 nitrogen and oxygen atoms in total. The number of benzene rings is 2. The average molecular weight is 461 g/mol. The van der Waals surface area contributed by atoms with Gasteiger partial charge in [-0.3, -0.25) is 24.7 Å². The Hall–Kier alpha value is -3.17. The van der Waals surface area contributed by atoms with Gasteiger partial charge in [0.05, 0.1) is 13.0 Å². The van der Waals surface area contributed by atoms with E-state index in [2.05, 4.69) is 10.7 Å². The number of hydrogen-bond donors (Lipinski definition) is 2. The van der Waals surface area contributed by atoms with Crippen LogP contribution in [0.4, 0.5) is 5.69 Å². The van der Waals surface area contributed by atoms with Gasteiger partial charge in [0.2, 0.25) is 5.91 Å². The molecule has 31 heavy (non-hydrogen) atoms. The third-order valence-electron chi connectivity index (χ3n) is 4.58. The summed E-state index contributed by atoms with van der Waals surface area (Å²) in [7, 11) is 1.50. The van der Waals surface area contributed by atoms with Crippen molar-refractivity contribution in [2.75, 3.05) is 19.0 Å². The van der Waals surface area contributed by atoms with E-state index in [1.165, 1.54) is 17.0 Å². The zero-order valence-corrected chi connectivity index (χ0v) is 18.5. The van der Waals surface area contributed by atoms with E-state index in [4.69, 9.17) is 28.6 Å². The van der Waals surface area contributed by atoms with Crippen LogP contribution in [0.15, 0.2) is 48.5 Å². The standard InChI is InChI=1S/C21H21ClN4O4S/c1-3-30-16-10-8-15(9-11-16)23-18(27)12-17-20(29)25(2)21(31)26(17)24-19(28)13-4-6-14(22)7-5-13/h4-11,17H,3,12H2,1-2H3,(H,23,27)(H,24,28)/t17-/m0/s1. The molecule has 3 amide bonds. The van der Waals surface area contributed by atoms with Crippen molar-refractivity contribution < 1.29 is 19.1 Å². The number of thiocarbonyl (C=S) groups is 1. The van der Waals surface area contributed by atoms with Crippen LogP contribution >= 0.6 is 23.8 Å². The highest BCUT2D eigenvalue weighted by atomic mass is 35.5. The molecule has 0 aromatic heterocycles. The average Bonchev–Trinajstić information content (AvgIpc) is 2.94. The number of anilines is 1. The van der Waals surface area contributed by atoms with Crippen LogP contribution in [0.3, 0.4) is 0 Å². The van der Waals surface area contributed by atoms with Crippen molar-refractivity contribution in [1.82, 2.24) is 15.3 Å². The molecule has 0 bridgehead atoms. The first-order chi connectivity index (χ1) is 14.8. The number of hydrogen-bond acceptors (Lipinski definition) is 5. The summed E-state index contributed by atoms with van der Waals surface area (Å²) < 4.78 is 5.37. The van der Waals surface area contributed by atoms with Gasteiger partial charge in [-0.05, 0) is 67.7 Å². The molecule has 0 aliphatic carbocycles. The van der Waals surface area contributed by atoms with Crippen LogP contribution in [0.5, 0.6) is 5.75 Å². The first kappa shape index (κ1) is 22.5. The topological polar surface area (TPSA) is 91.0 Å². The van der Waals surface area contributed by atoms with Gasteiger partial charge in [-0.15, -0.1) is 0 Å². The molecular weight excluding hydrogens is 440 g/mol. The normalized spacial score (nSPS) is 15.8. The van der Waals surface area contributed by atoms with Gasteiger partial charge in [0.1, 0.15) is 11.8 Å². The largest absolute Gasteiger partial charge is 0.494 e. The Morgan fingerprint density at radius 3 is 2.39 bits per heavy atom. The number of hydrazine groups is 1. The van der Waals surface area contributed by atoms with Crippen LogP contribution in [-0.2, 0) is 9.59 Å². The van der Waals surface area contributed by atoms with Gasteiger partial charge in [0.15, 0.2) is 5.11 Å². The van der Waals surface area contributed by atoms with E-state index in [1.54, 1.807) is 48.5 Å². The summed E-state index contributed by atoms with van der Waals surface area (Å²) in [4.78, 5) is 39.0. The van der Waals surface area contributed by atoms with Crippen molar-refractivity contribution in [2.45, 2.75) is 19.4 Å². The van der Waals surface area contributed by atoms with E-state index in [-0.39, 0.29) is 17.4 Å². The Labute approximate surface area is 190 Å². The lowest BCUT2D eigenvalue weighted by molar-refractivity contribution is -0.130. The lowest BCUT2D eigenvalue weighted by Crippen LogP contribution is -2.49. The maximum atomic E-state index is 12.6. The molecule has 1 saturated heterocycles. The molecule has 2 N–H and O–H groups in total. The lowest BCUT2D eigenvalue weighted by atomic mass is 10.2. The second-order valence-electron chi connectivity index (χ2n) is 6.72. The van der Waals surface area contributed by atoms with Crippen molar-refractivity contribution in [3.05, 3.63) is 59.1 Å². The van der Waals surface area contributed by atoms with Crippen LogP contribution < -0.4 is 15.5 Å². The minimum absolute atomic E-state index is 0.103. The molecule has 0 unspecified atom stereocenters. The predicted octanol–water partition coefficient (Wildman–Crippen LogP) is 2.84. The van der Waals surface area contributed by atoms with Crippen molar-refractivity contribution >= 4 is 52.3 Å². The number of rotatable bonds is 7. The summed E-state index contributed by atoms with van der Waals surface area (Å²) >= 11 is 11.1. The molecular formula is C21H21ClN4O4S. The minimum atomic E-state index is -0.962. The summed E-state index contributed by atoms with van der Waals surface area (Å²) in [5.41, 5.74) is 3.52. The molecule has 0 radical (unpaired) electrons. The molecule has 1 fully saturated rings. The second-order valence-corrected chi connectivity index (χ2v) is 7.52. The smallest absolute Gasteiger partial charge is 0.269 e. The monoisotopic (exact) mass is 460 g/mol. The van der Waals surface area contributed by atoms with Crippen LogP contribution in [0, 0.1) is 0 Å². The Kier molecular flexibility index (Phi) is 7.09. The van der Waals surface area contributed by atoms with E-state index in [9.17, 15) is 14.4 Å². The number of amides is 3. The van der Waals surface area contributed by atoms with Gasteiger partial charge in [0, 0.05) is 23.3 Å². The Morgan fingerprint density at radius 1 is 1.13 bits per heavy atom. The molecule has 0 spiro atoms. The lowest BCUT2D eigenvalue weighted by Gasteiger charge is -2.24. The van der Waals surface area contributed by atoms with Crippen molar-refractivity contribution in [2.24, 2.45) is 0 Å². The third-order valence-corrected chi connectivity index (χ3v) is 5.30. The zero-order chi connectivity index (χ0) is 22.5. The molecule has 1 atom stereocenters. The minimum Gasteiger partial charge on any atom is -0.494 e. The van der Waals surface area contributed by atoms with Gasteiger partial charge in [-0.2, -0.15) is 0 Å². The van der Waals surface area contributed by atoms with Gasteiger partial charge < -0.3 is 10.1 Å². The number of nitrogens with one attached hydrogen (secondary N) is 2. The molecule has 10 heteroatoms. The van der Waals surface area contributed by atoms with Crippen molar-refractivity contribution in [3.8, 4) is 5.75 Å². The van der Waals surface area contributed by atoms with Gasteiger partial charge in [0.25, 0.3) is 11.8 Å². The summed E-state index contributed by atoms with van der Waals surface area (Å²) in [6.45, 7) is 2.42. The molecule has 0 saturated carbocycles. The Bertz CT molecular complexity index is 997. The molecule has 162 valence electrons. The molecule has 1 heterocycles. The summed E-state index contributed by atoms with van der Waals surface area (Å²) in [5.74, 6) is -0.567. The number of carbonyl (C=O) groups excluding carboxylic acids is 3.